The molecule has 0 aliphatic rings. The molecule has 68 valence electrons. The van der Waals surface area contributed by atoms with Gasteiger partial charge in [-0.15, -0.1) is 0 Å². The van der Waals surface area contributed by atoms with Gasteiger partial charge in [0.15, 0.2) is 6.29 Å². The van der Waals surface area contributed by atoms with Crippen molar-refractivity contribution in [1.29, 1.82) is 0 Å². The zero-order valence-electron chi connectivity index (χ0n) is 7.40. The van der Waals surface area contributed by atoms with Crippen LogP contribution in [0.1, 0.15) is 21.5 Å². The van der Waals surface area contributed by atoms with Crippen LogP contribution >= 0.6 is 0 Å². The molecule has 0 bridgehead atoms. The summed E-state index contributed by atoms with van der Waals surface area (Å²) < 4.78 is 0. The van der Waals surface area contributed by atoms with Gasteiger partial charge in [-0.1, -0.05) is 6.07 Å². The Morgan fingerprint density at radius 3 is 2.46 bits per heavy atom. The molecule has 0 fully saturated rings. The second kappa shape index (κ2) is 3.35. The summed E-state index contributed by atoms with van der Waals surface area (Å²) in [6, 6.07) is 2.99. The lowest BCUT2D eigenvalue weighted by Crippen LogP contribution is -1.98. The number of hydrogen-bond donors (Lipinski definition) is 0. The van der Waals surface area contributed by atoms with Crippen LogP contribution in [0.4, 0.5) is 5.69 Å². The summed E-state index contributed by atoms with van der Waals surface area (Å²) in [6.45, 7) is 3.51. The summed E-state index contributed by atoms with van der Waals surface area (Å²) >= 11 is 0. The largest absolute Gasteiger partial charge is 0.298 e. The van der Waals surface area contributed by atoms with E-state index >= 15 is 0 Å². The number of aryl methyl sites for hydroxylation is 1. The number of nitro groups is 1. The van der Waals surface area contributed by atoms with Crippen molar-refractivity contribution in [2.45, 2.75) is 13.8 Å². The number of carbonyl (C=O) groups is 1. The van der Waals surface area contributed by atoms with Crippen molar-refractivity contribution in [3.63, 3.8) is 0 Å². The minimum Gasteiger partial charge on any atom is -0.298 e. The Bertz CT molecular complexity index is 371. The first-order chi connectivity index (χ1) is 6.07. The molecule has 13 heavy (non-hydrogen) atoms. The zero-order chi connectivity index (χ0) is 10.0. The Hall–Kier alpha value is -1.71. The van der Waals surface area contributed by atoms with Crippen LogP contribution in [-0.4, -0.2) is 11.2 Å². The second-order valence-corrected chi connectivity index (χ2v) is 2.82. The molecule has 1 aromatic carbocycles. The predicted octanol–water partition coefficient (Wildman–Crippen LogP) is 2.02. The summed E-state index contributed by atoms with van der Waals surface area (Å²) in [5, 5.41) is 10.5. The number of nitro benzene ring substituents is 1. The molecule has 0 N–H and O–H groups in total. The average Bonchev–Trinajstić information content (AvgIpc) is 2.09. The van der Waals surface area contributed by atoms with Crippen LogP contribution in [0.25, 0.3) is 0 Å². The number of carbonyl (C=O) groups excluding carboxylic acids is 1. The number of rotatable bonds is 2. The summed E-state index contributed by atoms with van der Waals surface area (Å²) in [5.41, 5.74) is 1.60. The van der Waals surface area contributed by atoms with E-state index in [1.807, 2.05) is 6.92 Å². The van der Waals surface area contributed by atoms with E-state index in [0.717, 1.165) is 5.56 Å². The van der Waals surface area contributed by atoms with E-state index in [9.17, 15) is 14.9 Å². The molecule has 0 atom stereocenters. The summed E-state index contributed by atoms with van der Waals surface area (Å²) in [7, 11) is 0. The molecule has 0 radical (unpaired) electrons. The van der Waals surface area contributed by atoms with Gasteiger partial charge in [0.25, 0.3) is 5.69 Å². The third kappa shape index (κ3) is 1.56. The average molecular weight is 179 g/mol. The minimum atomic E-state index is -0.545. The van der Waals surface area contributed by atoms with Gasteiger partial charge in [0, 0.05) is 6.07 Å². The standard InChI is InChI=1S/C9H9NO3/c1-6-3-4-9(10(12)13)8(5-11)7(6)2/h3-5H,1-2H3. The molecule has 0 aromatic heterocycles. The molecular formula is C9H9NO3. The van der Waals surface area contributed by atoms with Gasteiger partial charge in [-0.05, 0) is 25.0 Å². The number of nitrogens with zero attached hydrogens (tertiary/aromatic N) is 1. The molecule has 0 aliphatic heterocycles. The molecule has 0 amide bonds. The molecule has 0 saturated heterocycles. The van der Waals surface area contributed by atoms with E-state index in [0.29, 0.717) is 11.8 Å². The fourth-order valence-corrected chi connectivity index (χ4v) is 1.13. The second-order valence-electron chi connectivity index (χ2n) is 2.82. The summed E-state index contributed by atoms with van der Waals surface area (Å²) in [6.07, 6.45) is 0.528. The van der Waals surface area contributed by atoms with Gasteiger partial charge < -0.3 is 0 Å². The van der Waals surface area contributed by atoms with Gasteiger partial charge in [-0.3, -0.25) is 14.9 Å². The normalized spacial score (nSPS) is 9.69. The van der Waals surface area contributed by atoms with Crippen molar-refractivity contribution in [3.05, 3.63) is 38.9 Å². The van der Waals surface area contributed by atoms with E-state index in [1.54, 1.807) is 13.0 Å². The number of aldehydes is 1. The Morgan fingerprint density at radius 1 is 1.38 bits per heavy atom. The molecule has 0 aliphatic carbocycles. The third-order valence-electron chi connectivity index (χ3n) is 2.08. The monoisotopic (exact) mass is 179 g/mol. The first-order valence-corrected chi connectivity index (χ1v) is 3.77. The Labute approximate surface area is 75.3 Å². The van der Waals surface area contributed by atoms with Crippen molar-refractivity contribution in [2.24, 2.45) is 0 Å². The lowest BCUT2D eigenvalue weighted by Gasteiger charge is -2.02. The molecule has 4 heteroatoms. The lowest BCUT2D eigenvalue weighted by atomic mass is 10.0. The van der Waals surface area contributed by atoms with Crippen molar-refractivity contribution in [3.8, 4) is 0 Å². The van der Waals surface area contributed by atoms with Gasteiger partial charge in [-0.25, -0.2) is 0 Å². The van der Waals surface area contributed by atoms with Crippen LogP contribution < -0.4 is 0 Å². The number of hydrogen-bond acceptors (Lipinski definition) is 3. The Balaban J connectivity index is 3.47. The summed E-state index contributed by atoms with van der Waals surface area (Å²) in [4.78, 5) is 20.5. The zero-order valence-corrected chi connectivity index (χ0v) is 7.40. The Morgan fingerprint density at radius 2 is 2.00 bits per heavy atom. The maximum atomic E-state index is 10.6. The lowest BCUT2D eigenvalue weighted by molar-refractivity contribution is -0.385. The van der Waals surface area contributed by atoms with Crippen LogP contribution in [0.5, 0.6) is 0 Å². The summed E-state index contributed by atoms with van der Waals surface area (Å²) in [5.74, 6) is 0. The molecule has 0 unspecified atom stereocenters. The van der Waals surface area contributed by atoms with Crippen LogP contribution in [0.15, 0.2) is 12.1 Å². The topological polar surface area (TPSA) is 60.2 Å². The maximum Gasteiger partial charge on any atom is 0.280 e. The van der Waals surface area contributed by atoms with Gasteiger partial charge >= 0.3 is 0 Å². The molecule has 4 nitrogen and oxygen atoms in total. The van der Waals surface area contributed by atoms with Crippen molar-refractivity contribution in [2.75, 3.05) is 0 Å². The van der Waals surface area contributed by atoms with Crippen molar-refractivity contribution >= 4 is 12.0 Å². The highest BCUT2D eigenvalue weighted by Gasteiger charge is 2.15. The fourth-order valence-electron chi connectivity index (χ4n) is 1.13. The third-order valence-corrected chi connectivity index (χ3v) is 2.08. The van der Waals surface area contributed by atoms with E-state index < -0.39 is 4.92 Å². The quantitative estimate of drug-likeness (QED) is 0.396. The van der Waals surface area contributed by atoms with Crippen LogP contribution in [-0.2, 0) is 0 Å². The molecule has 1 rings (SSSR count). The van der Waals surface area contributed by atoms with Gasteiger partial charge in [0.2, 0.25) is 0 Å². The van der Waals surface area contributed by atoms with E-state index in [2.05, 4.69) is 0 Å². The highest BCUT2D eigenvalue weighted by molar-refractivity contribution is 5.84. The molecule has 0 heterocycles. The van der Waals surface area contributed by atoms with Crippen molar-refractivity contribution in [1.82, 2.24) is 0 Å². The van der Waals surface area contributed by atoms with Crippen LogP contribution in [0, 0.1) is 24.0 Å². The first kappa shape index (κ1) is 9.38. The van der Waals surface area contributed by atoms with Crippen LogP contribution in [0.2, 0.25) is 0 Å². The SMILES string of the molecule is Cc1ccc([N+](=O)[O-])c(C=O)c1C. The predicted molar refractivity (Wildman–Crippen MR) is 48.0 cm³/mol. The molecule has 0 spiro atoms. The van der Waals surface area contributed by atoms with Crippen LogP contribution in [0.3, 0.4) is 0 Å². The molecular weight excluding hydrogens is 170 g/mol. The van der Waals surface area contributed by atoms with Crippen molar-refractivity contribution < 1.29 is 9.72 Å². The van der Waals surface area contributed by atoms with Gasteiger partial charge in [0.05, 0.1) is 10.5 Å². The smallest absolute Gasteiger partial charge is 0.280 e. The maximum absolute atomic E-state index is 10.6. The van der Waals surface area contributed by atoms with Gasteiger partial charge in [-0.2, -0.15) is 0 Å². The first-order valence-electron chi connectivity index (χ1n) is 3.77. The number of benzene rings is 1. The fraction of sp³-hybridized carbons (Fsp3) is 0.222. The van der Waals surface area contributed by atoms with Gasteiger partial charge in [0.1, 0.15) is 0 Å². The molecule has 0 saturated carbocycles. The van der Waals surface area contributed by atoms with E-state index in [4.69, 9.17) is 0 Å². The Kier molecular flexibility index (Phi) is 2.41. The highest BCUT2D eigenvalue weighted by Crippen LogP contribution is 2.22. The van der Waals surface area contributed by atoms with E-state index in [1.165, 1.54) is 6.07 Å². The minimum absolute atomic E-state index is 0.127. The molecule has 1 aromatic rings. The highest BCUT2D eigenvalue weighted by atomic mass is 16.6. The van der Waals surface area contributed by atoms with E-state index in [-0.39, 0.29) is 11.3 Å².